The van der Waals surface area contributed by atoms with Crippen LogP contribution >= 0.6 is 0 Å². The summed E-state index contributed by atoms with van der Waals surface area (Å²) in [7, 11) is 0. The van der Waals surface area contributed by atoms with Crippen molar-refractivity contribution in [2.24, 2.45) is 0 Å². The van der Waals surface area contributed by atoms with Crippen LogP contribution in [0.15, 0.2) is 48.0 Å². The zero-order valence-corrected chi connectivity index (χ0v) is 12.6. The number of hydrogen-bond acceptors (Lipinski definition) is 0. The minimum Gasteiger partial charge on any atom is -0.0652 e. The average molecular weight is 262 g/mol. The quantitative estimate of drug-likeness (QED) is 0.653. The first-order valence-electron chi connectivity index (χ1n) is 7.65. The summed E-state index contributed by atoms with van der Waals surface area (Å²) in [5.74, 6) is 0.590. The molecule has 0 bridgehead atoms. The second kappa shape index (κ2) is 5.28. The first kappa shape index (κ1) is 13.2. The Morgan fingerprint density at radius 1 is 0.950 bits per heavy atom. The highest BCUT2D eigenvalue weighted by molar-refractivity contribution is 5.78. The number of rotatable bonds is 3. The van der Waals surface area contributed by atoms with Crippen LogP contribution in [0.2, 0.25) is 0 Å². The molecule has 0 amide bonds. The molecule has 2 aromatic rings. The topological polar surface area (TPSA) is 0 Å². The average Bonchev–Trinajstić information content (AvgIpc) is 2.82. The lowest BCUT2D eigenvalue weighted by atomic mass is 9.87. The second-order valence-electron chi connectivity index (χ2n) is 5.71. The molecule has 2 aromatic carbocycles. The molecule has 1 aliphatic rings. The lowest BCUT2D eigenvalue weighted by Crippen LogP contribution is -1.98. The van der Waals surface area contributed by atoms with E-state index in [0.717, 1.165) is 6.42 Å². The third-order valence-corrected chi connectivity index (χ3v) is 4.50. The van der Waals surface area contributed by atoms with E-state index in [9.17, 15) is 0 Å². The maximum absolute atomic E-state index is 2.35. The number of fused-ring (bicyclic) bond motifs is 1. The summed E-state index contributed by atoms with van der Waals surface area (Å²) in [6.45, 7) is 6.75. The Hall–Kier alpha value is -1.82. The fraction of sp³-hybridized carbons (Fsp3) is 0.300. The summed E-state index contributed by atoms with van der Waals surface area (Å²) in [6, 6.07) is 15.8. The van der Waals surface area contributed by atoms with Gasteiger partial charge in [0.15, 0.2) is 0 Å². The van der Waals surface area contributed by atoms with Crippen LogP contribution in [0.5, 0.6) is 0 Å². The molecule has 1 atom stereocenters. The molecule has 0 radical (unpaired) electrons. The minimum atomic E-state index is 0.590. The summed E-state index contributed by atoms with van der Waals surface area (Å²) in [4.78, 5) is 0. The van der Waals surface area contributed by atoms with Crippen molar-refractivity contribution in [3.63, 3.8) is 0 Å². The molecular formula is C20H22. The van der Waals surface area contributed by atoms with E-state index < -0.39 is 0 Å². The molecule has 0 N–H and O–H groups in total. The molecule has 3 rings (SSSR count). The second-order valence-corrected chi connectivity index (χ2v) is 5.71. The van der Waals surface area contributed by atoms with Crippen LogP contribution in [0.4, 0.5) is 0 Å². The summed E-state index contributed by atoms with van der Waals surface area (Å²) >= 11 is 0. The molecule has 0 saturated carbocycles. The smallest absolute Gasteiger partial charge is 0.00582 e. The predicted octanol–water partition coefficient (Wildman–Crippen LogP) is 5.83. The van der Waals surface area contributed by atoms with Crippen molar-refractivity contribution in [2.45, 2.75) is 39.5 Å². The van der Waals surface area contributed by atoms with Crippen molar-refractivity contribution >= 4 is 6.08 Å². The van der Waals surface area contributed by atoms with E-state index in [1.807, 2.05) is 0 Å². The van der Waals surface area contributed by atoms with Crippen LogP contribution in [0.25, 0.3) is 17.2 Å². The van der Waals surface area contributed by atoms with E-state index in [1.165, 1.54) is 39.8 Å². The molecule has 0 heterocycles. The molecule has 102 valence electrons. The molecule has 1 aliphatic carbocycles. The van der Waals surface area contributed by atoms with Gasteiger partial charge in [-0.3, -0.25) is 0 Å². The van der Waals surface area contributed by atoms with E-state index in [-0.39, 0.29) is 0 Å². The predicted molar refractivity (Wildman–Crippen MR) is 87.9 cm³/mol. The van der Waals surface area contributed by atoms with Crippen molar-refractivity contribution in [1.29, 1.82) is 0 Å². The van der Waals surface area contributed by atoms with E-state index in [0.29, 0.717) is 5.92 Å². The Kier molecular flexibility index (Phi) is 3.48. The van der Waals surface area contributed by atoms with Gasteiger partial charge in [-0.2, -0.15) is 0 Å². The zero-order chi connectivity index (χ0) is 14.1. The van der Waals surface area contributed by atoms with Crippen molar-refractivity contribution in [3.8, 4) is 11.1 Å². The van der Waals surface area contributed by atoms with E-state index in [1.54, 1.807) is 0 Å². The van der Waals surface area contributed by atoms with Crippen molar-refractivity contribution in [1.82, 2.24) is 0 Å². The molecule has 0 aliphatic heterocycles. The van der Waals surface area contributed by atoms with Gasteiger partial charge in [0, 0.05) is 5.92 Å². The highest BCUT2D eigenvalue weighted by Gasteiger charge is 2.24. The van der Waals surface area contributed by atoms with Crippen molar-refractivity contribution in [3.05, 3.63) is 64.7 Å². The third kappa shape index (κ3) is 2.10. The Morgan fingerprint density at radius 3 is 2.35 bits per heavy atom. The summed E-state index contributed by atoms with van der Waals surface area (Å²) < 4.78 is 0. The molecule has 0 aromatic heterocycles. The fourth-order valence-corrected chi connectivity index (χ4v) is 3.37. The standard InChI is InChI=1S/C20H22/c1-4-15-9-11-16(12-10-15)19-8-6-7-17-13-14(3)18(5-2)20(17)19/h6-13,18H,4-5H2,1-3H3. The van der Waals surface area contributed by atoms with Gasteiger partial charge < -0.3 is 0 Å². The van der Waals surface area contributed by atoms with Crippen LogP contribution in [0, 0.1) is 0 Å². The Balaban J connectivity index is 2.10. The first-order chi connectivity index (χ1) is 9.74. The molecule has 0 heteroatoms. The van der Waals surface area contributed by atoms with Gasteiger partial charge in [0.25, 0.3) is 0 Å². The minimum absolute atomic E-state index is 0.590. The number of aryl methyl sites for hydroxylation is 1. The summed E-state index contributed by atoms with van der Waals surface area (Å²) in [5.41, 5.74) is 8.59. The Morgan fingerprint density at radius 2 is 1.70 bits per heavy atom. The van der Waals surface area contributed by atoms with E-state index in [2.05, 4.69) is 69.3 Å². The van der Waals surface area contributed by atoms with Crippen LogP contribution in [0.1, 0.15) is 49.8 Å². The highest BCUT2D eigenvalue weighted by Crippen LogP contribution is 2.43. The normalized spacial score (nSPS) is 16.9. The van der Waals surface area contributed by atoms with Gasteiger partial charge in [-0.25, -0.2) is 0 Å². The Labute approximate surface area is 122 Å². The maximum Gasteiger partial charge on any atom is 0.00582 e. The summed E-state index contributed by atoms with van der Waals surface area (Å²) in [6.07, 6.45) is 4.64. The first-order valence-corrected chi connectivity index (χ1v) is 7.65. The third-order valence-electron chi connectivity index (χ3n) is 4.50. The monoisotopic (exact) mass is 262 g/mol. The van der Waals surface area contributed by atoms with Gasteiger partial charge >= 0.3 is 0 Å². The largest absolute Gasteiger partial charge is 0.0652 e. The lowest BCUT2D eigenvalue weighted by Gasteiger charge is -2.17. The van der Waals surface area contributed by atoms with E-state index in [4.69, 9.17) is 0 Å². The number of benzene rings is 2. The molecule has 0 fully saturated rings. The van der Waals surface area contributed by atoms with Gasteiger partial charge in [-0.1, -0.05) is 68.0 Å². The van der Waals surface area contributed by atoms with Crippen molar-refractivity contribution < 1.29 is 0 Å². The molecule has 0 saturated heterocycles. The molecule has 0 spiro atoms. The molecule has 20 heavy (non-hydrogen) atoms. The SMILES string of the molecule is CCc1ccc(-c2cccc3c2C(CC)C(C)=C3)cc1. The van der Waals surface area contributed by atoms with Gasteiger partial charge in [-0.15, -0.1) is 0 Å². The van der Waals surface area contributed by atoms with Crippen LogP contribution in [-0.2, 0) is 6.42 Å². The summed E-state index contributed by atoms with van der Waals surface area (Å²) in [5, 5.41) is 0. The molecule has 1 unspecified atom stereocenters. The van der Waals surface area contributed by atoms with Crippen molar-refractivity contribution in [2.75, 3.05) is 0 Å². The highest BCUT2D eigenvalue weighted by atomic mass is 14.3. The Bertz CT molecular complexity index is 644. The maximum atomic E-state index is 2.35. The fourth-order valence-electron chi connectivity index (χ4n) is 3.37. The van der Waals surface area contributed by atoms with Gasteiger partial charge in [0.1, 0.15) is 0 Å². The van der Waals surface area contributed by atoms with Gasteiger partial charge in [-0.05, 0) is 47.6 Å². The lowest BCUT2D eigenvalue weighted by molar-refractivity contribution is 0.778. The van der Waals surface area contributed by atoms with Crippen LogP contribution in [0.3, 0.4) is 0 Å². The van der Waals surface area contributed by atoms with E-state index >= 15 is 0 Å². The number of hydrogen-bond donors (Lipinski definition) is 0. The van der Waals surface area contributed by atoms with Gasteiger partial charge in [0.2, 0.25) is 0 Å². The van der Waals surface area contributed by atoms with Crippen LogP contribution in [-0.4, -0.2) is 0 Å². The molecule has 0 nitrogen and oxygen atoms in total. The molecular weight excluding hydrogens is 240 g/mol. The zero-order valence-electron chi connectivity index (χ0n) is 12.6. The number of allylic oxidation sites excluding steroid dienone is 1. The van der Waals surface area contributed by atoms with Crippen LogP contribution < -0.4 is 0 Å². The van der Waals surface area contributed by atoms with Gasteiger partial charge in [0.05, 0.1) is 0 Å².